The molecule has 0 unspecified atom stereocenters. The first-order valence-electron chi connectivity index (χ1n) is 8.17. The molecular weight excluding hydrogens is 343 g/mol. The molecule has 1 amide bonds. The Hall–Kier alpha value is -2.25. The highest BCUT2D eigenvalue weighted by Gasteiger charge is 2.29. The first-order valence-corrected chi connectivity index (χ1v) is 8.99. The number of carbonyl (C=O) groups is 2. The molecule has 0 spiro atoms. The minimum Gasteiger partial charge on any atom is -0.344 e. The van der Waals surface area contributed by atoms with Crippen LogP contribution in [-0.2, 0) is 6.42 Å². The number of ketones is 1. The molecule has 0 saturated carbocycles. The fourth-order valence-electron chi connectivity index (χ4n) is 2.70. The predicted octanol–water partition coefficient (Wildman–Crippen LogP) is 4.60. The number of benzene rings is 1. The van der Waals surface area contributed by atoms with Gasteiger partial charge in [0.2, 0.25) is 0 Å². The van der Waals surface area contributed by atoms with Crippen LogP contribution in [-0.4, -0.2) is 16.9 Å². The van der Waals surface area contributed by atoms with Crippen molar-refractivity contribution in [1.82, 2.24) is 5.48 Å². The number of hydrogen-bond donors (Lipinski definition) is 3. The summed E-state index contributed by atoms with van der Waals surface area (Å²) >= 11 is 1.12. The Morgan fingerprint density at radius 1 is 1.28 bits per heavy atom. The van der Waals surface area contributed by atoms with Crippen LogP contribution in [0.5, 0.6) is 0 Å². The predicted molar refractivity (Wildman–Crippen MR) is 96.6 cm³/mol. The van der Waals surface area contributed by atoms with Crippen molar-refractivity contribution in [1.29, 1.82) is 0 Å². The Kier molecular flexibility index (Phi) is 6.27. The molecule has 25 heavy (non-hydrogen) atoms. The van der Waals surface area contributed by atoms with Gasteiger partial charge in [-0.2, -0.15) is 0 Å². The van der Waals surface area contributed by atoms with E-state index in [-0.39, 0.29) is 17.0 Å². The maximum Gasteiger partial charge on any atom is 0.277 e. The van der Waals surface area contributed by atoms with Crippen molar-refractivity contribution in [2.24, 2.45) is 0 Å². The summed E-state index contributed by atoms with van der Waals surface area (Å²) in [6, 6.07) is 4.70. The monoisotopic (exact) mass is 364 g/mol. The van der Waals surface area contributed by atoms with E-state index in [0.29, 0.717) is 34.7 Å². The van der Waals surface area contributed by atoms with E-state index in [1.165, 1.54) is 6.07 Å². The summed E-state index contributed by atoms with van der Waals surface area (Å²) in [5.74, 6) is -1.18. The van der Waals surface area contributed by atoms with E-state index in [1.54, 1.807) is 24.5 Å². The van der Waals surface area contributed by atoms with Gasteiger partial charge in [0, 0.05) is 6.42 Å². The third-order valence-electron chi connectivity index (χ3n) is 3.79. The zero-order valence-corrected chi connectivity index (χ0v) is 15.2. The van der Waals surface area contributed by atoms with Gasteiger partial charge in [0.05, 0.1) is 16.1 Å². The van der Waals surface area contributed by atoms with Crippen LogP contribution in [0.15, 0.2) is 18.2 Å². The van der Waals surface area contributed by atoms with E-state index in [2.05, 4.69) is 5.32 Å². The number of aryl methyl sites for hydroxylation is 1. The summed E-state index contributed by atoms with van der Waals surface area (Å²) in [4.78, 5) is 24.5. The van der Waals surface area contributed by atoms with Crippen molar-refractivity contribution in [3.05, 3.63) is 45.6 Å². The molecule has 0 radical (unpaired) electrons. The standard InChI is InChI=1S/C16H15FN2O3S.C2H6/c1-8-5-6-11(10(17)7-8)18-16-13(15(21)19-22)9-3-2-4-12(20)14(9)23-16;1-2/h5-7,18,22H,2-4H2,1H3,(H,19,21);1-2H3. The fourth-order valence-corrected chi connectivity index (χ4v) is 3.92. The molecule has 1 aromatic heterocycles. The molecule has 1 aromatic carbocycles. The molecule has 7 heteroatoms. The van der Waals surface area contributed by atoms with Crippen LogP contribution in [0, 0.1) is 12.7 Å². The van der Waals surface area contributed by atoms with Gasteiger partial charge in [0.15, 0.2) is 5.78 Å². The Labute approximate surface area is 149 Å². The number of hydroxylamine groups is 1. The Morgan fingerprint density at radius 2 is 2.00 bits per heavy atom. The van der Waals surface area contributed by atoms with Crippen LogP contribution in [0.25, 0.3) is 0 Å². The van der Waals surface area contributed by atoms with Crippen LogP contribution < -0.4 is 10.8 Å². The molecule has 0 bridgehead atoms. The van der Waals surface area contributed by atoms with Crippen LogP contribution in [0.4, 0.5) is 15.1 Å². The summed E-state index contributed by atoms with van der Waals surface area (Å²) in [5, 5.41) is 12.2. The maximum absolute atomic E-state index is 14.0. The minimum absolute atomic E-state index is 0.0272. The maximum atomic E-state index is 14.0. The van der Waals surface area contributed by atoms with E-state index < -0.39 is 11.7 Å². The largest absolute Gasteiger partial charge is 0.344 e. The van der Waals surface area contributed by atoms with Crippen LogP contribution >= 0.6 is 11.3 Å². The quantitative estimate of drug-likeness (QED) is 0.549. The molecule has 2 aromatic rings. The number of hydrogen-bond acceptors (Lipinski definition) is 5. The molecule has 0 atom stereocenters. The van der Waals surface area contributed by atoms with Crippen LogP contribution in [0.2, 0.25) is 0 Å². The highest BCUT2D eigenvalue weighted by Crippen LogP contribution is 2.39. The lowest BCUT2D eigenvalue weighted by Crippen LogP contribution is -2.21. The third kappa shape index (κ3) is 3.88. The van der Waals surface area contributed by atoms with Gasteiger partial charge in [-0.25, -0.2) is 9.87 Å². The van der Waals surface area contributed by atoms with E-state index in [9.17, 15) is 14.0 Å². The zero-order chi connectivity index (χ0) is 18.6. The molecule has 0 saturated heterocycles. The second-order valence-electron chi connectivity index (χ2n) is 5.44. The lowest BCUT2D eigenvalue weighted by Gasteiger charge is -2.11. The van der Waals surface area contributed by atoms with Crippen molar-refractivity contribution < 1.29 is 19.2 Å². The van der Waals surface area contributed by atoms with Gasteiger partial charge >= 0.3 is 0 Å². The van der Waals surface area contributed by atoms with Gasteiger partial charge in [-0.3, -0.25) is 14.8 Å². The van der Waals surface area contributed by atoms with Gasteiger partial charge in [0.1, 0.15) is 10.8 Å². The van der Waals surface area contributed by atoms with Crippen LogP contribution in [0.3, 0.4) is 0 Å². The van der Waals surface area contributed by atoms with Gasteiger partial charge < -0.3 is 5.32 Å². The summed E-state index contributed by atoms with van der Waals surface area (Å²) < 4.78 is 14.0. The molecule has 3 N–H and O–H groups in total. The minimum atomic E-state index is -0.702. The number of Topliss-reactive ketones (excluding diaryl/α,β-unsaturated/α-hetero) is 1. The van der Waals surface area contributed by atoms with Gasteiger partial charge in [-0.15, -0.1) is 11.3 Å². The molecule has 3 rings (SSSR count). The summed E-state index contributed by atoms with van der Waals surface area (Å²) in [5.41, 5.74) is 3.43. The molecule has 1 aliphatic carbocycles. The first kappa shape index (κ1) is 19.1. The molecule has 1 heterocycles. The number of carbonyl (C=O) groups excluding carboxylic acids is 2. The average molecular weight is 364 g/mol. The Bertz CT molecular complexity index is 802. The molecule has 1 aliphatic rings. The number of rotatable bonds is 3. The number of anilines is 2. The van der Waals surface area contributed by atoms with Gasteiger partial charge in [-0.1, -0.05) is 19.9 Å². The number of amides is 1. The van der Waals surface area contributed by atoms with Crippen molar-refractivity contribution in [3.63, 3.8) is 0 Å². The van der Waals surface area contributed by atoms with E-state index in [1.807, 2.05) is 13.8 Å². The first-order chi connectivity index (χ1) is 12.0. The van der Waals surface area contributed by atoms with E-state index in [4.69, 9.17) is 5.21 Å². The lowest BCUT2D eigenvalue weighted by atomic mass is 9.94. The summed E-state index contributed by atoms with van der Waals surface area (Å²) in [7, 11) is 0. The van der Waals surface area contributed by atoms with Gasteiger partial charge in [-0.05, 0) is 43.0 Å². The fraction of sp³-hybridized carbons (Fsp3) is 0.333. The van der Waals surface area contributed by atoms with Crippen molar-refractivity contribution in [2.75, 3.05) is 5.32 Å². The molecular formula is C18H21FN2O3S. The second kappa shape index (κ2) is 8.22. The molecule has 5 nitrogen and oxygen atoms in total. The normalized spacial score (nSPS) is 12.8. The van der Waals surface area contributed by atoms with Crippen molar-refractivity contribution >= 4 is 33.7 Å². The number of fused-ring (bicyclic) bond motifs is 1. The smallest absolute Gasteiger partial charge is 0.277 e. The zero-order valence-electron chi connectivity index (χ0n) is 14.4. The Balaban J connectivity index is 0.00000109. The van der Waals surface area contributed by atoms with E-state index >= 15 is 0 Å². The average Bonchev–Trinajstić information content (AvgIpc) is 2.98. The van der Waals surface area contributed by atoms with E-state index in [0.717, 1.165) is 16.9 Å². The number of nitrogens with one attached hydrogen (secondary N) is 2. The SMILES string of the molecule is CC.Cc1ccc(Nc2sc3c(c2C(=O)NO)CCCC3=O)c(F)c1. The number of halogens is 1. The topological polar surface area (TPSA) is 78.4 Å². The highest BCUT2D eigenvalue weighted by atomic mass is 32.1. The number of thiophene rings is 1. The van der Waals surface area contributed by atoms with Crippen molar-refractivity contribution in [2.45, 2.75) is 40.0 Å². The molecule has 0 fully saturated rings. The van der Waals surface area contributed by atoms with Crippen LogP contribution in [0.1, 0.15) is 57.8 Å². The van der Waals surface area contributed by atoms with Crippen molar-refractivity contribution in [3.8, 4) is 0 Å². The Morgan fingerprint density at radius 3 is 2.64 bits per heavy atom. The molecule has 134 valence electrons. The summed E-state index contributed by atoms with van der Waals surface area (Å²) in [6.07, 6.45) is 1.68. The second-order valence-corrected chi connectivity index (χ2v) is 6.46. The van der Waals surface area contributed by atoms with Gasteiger partial charge in [0.25, 0.3) is 5.91 Å². The third-order valence-corrected chi connectivity index (χ3v) is 4.98. The lowest BCUT2D eigenvalue weighted by molar-refractivity contribution is 0.0706. The molecule has 0 aliphatic heterocycles. The summed E-state index contributed by atoms with van der Waals surface area (Å²) in [6.45, 7) is 5.78. The highest BCUT2D eigenvalue weighted by molar-refractivity contribution is 7.18.